The number of hydrogen-bond donors (Lipinski definition) is 1. The SMILES string of the molecule is COC(=O)C=CCC1C(=O)N2C(C(=O)O)=C(CC(=O)c3ccc(Br)cc3)CC12. The summed E-state index contributed by atoms with van der Waals surface area (Å²) in [5.74, 6) is -2.63. The Morgan fingerprint density at radius 2 is 1.96 bits per heavy atom. The molecule has 3 rings (SSSR count). The lowest BCUT2D eigenvalue weighted by Crippen LogP contribution is -2.58. The Bertz CT molecular complexity index is 902. The van der Waals surface area contributed by atoms with Crippen LogP contribution in [0.1, 0.15) is 29.6 Å². The number of carbonyl (C=O) groups excluding carboxylic acids is 3. The maximum absolute atomic E-state index is 12.5. The Balaban J connectivity index is 1.74. The first kappa shape index (κ1) is 20.0. The van der Waals surface area contributed by atoms with E-state index in [1.807, 2.05) is 0 Å². The summed E-state index contributed by atoms with van der Waals surface area (Å²) in [7, 11) is 1.26. The Kier molecular flexibility index (Phi) is 5.79. The number of methoxy groups -OCH3 is 1. The van der Waals surface area contributed by atoms with Crippen LogP contribution in [0.3, 0.4) is 0 Å². The van der Waals surface area contributed by atoms with Crippen LogP contribution in [-0.4, -0.2) is 46.8 Å². The molecule has 28 heavy (non-hydrogen) atoms. The van der Waals surface area contributed by atoms with E-state index in [1.54, 1.807) is 30.3 Å². The van der Waals surface area contributed by atoms with Gasteiger partial charge in [-0.25, -0.2) is 9.59 Å². The number of aliphatic carboxylic acids is 1. The quantitative estimate of drug-likeness (QED) is 0.298. The molecule has 2 aliphatic rings. The van der Waals surface area contributed by atoms with E-state index in [4.69, 9.17) is 0 Å². The number of carboxylic acids is 1. The van der Waals surface area contributed by atoms with Crippen LogP contribution in [0.25, 0.3) is 0 Å². The molecule has 1 amide bonds. The highest BCUT2D eigenvalue weighted by Gasteiger charge is 2.54. The molecule has 0 aromatic heterocycles. The number of carboxylic acid groups (broad SMARTS) is 1. The van der Waals surface area contributed by atoms with Crippen LogP contribution in [0.5, 0.6) is 0 Å². The van der Waals surface area contributed by atoms with Crippen LogP contribution in [-0.2, 0) is 19.1 Å². The van der Waals surface area contributed by atoms with E-state index in [2.05, 4.69) is 20.7 Å². The van der Waals surface area contributed by atoms with Gasteiger partial charge in [0.2, 0.25) is 5.91 Å². The zero-order chi connectivity index (χ0) is 20.4. The molecule has 1 aromatic rings. The zero-order valence-corrected chi connectivity index (χ0v) is 16.6. The molecule has 0 radical (unpaired) electrons. The summed E-state index contributed by atoms with van der Waals surface area (Å²) < 4.78 is 5.35. The Labute approximate surface area is 169 Å². The Morgan fingerprint density at radius 1 is 1.29 bits per heavy atom. The molecule has 146 valence electrons. The summed E-state index contributed by atoms with van der Waals surface area (Å²) >= 11 is 3.31. The lowest BCUT2D eigenvalue weighted by Gasteiger charge is -2.43. The number of Topliss-reactive ketones (excluding diaryl/α,β-unsaturated/α-hetero) is 1. The van der Waals surface area contributed by atoms with E-state index in [-0.39, 0.29) is 29.9 Å². The highest BCUT2D eigenvalue weighted by atomic mass is 79.9. The van der Waals surface area contributed by atoms with Crippen molar-refractivity contribution in [3.05, 3.63) is 57.7 Å². The first-order chi connectivity index (χ1) is 13.3. The normalized spacial score (nSPS) is 20.9. The van der Waals surface area contributed by atoms with Crippen LogP contribution in [0.2, 0.25) is 0 Å². The van der Waals surface area contributed by atoms with Crippen LogP contribution in [0.15, 0.2) is 52.2 Å². The van der Waals surface area contributed by atoms with E-state index in [0.717, 1.165) is 4.47 Å². The highest BCUT2D eigenvalue weighted by molar-refractivity contribution is 9.10. The minimum absolute atomic E-state index is 0.0474. The fraction of sp³-hybridized carbons (Fsp3) is 0.300. The number of ether oxygens (including phenoxy) is 1. The fourth-order valence-electron chi connectivity index (χ4n) is 3.61. The number of allylic oxidation sites excluding steroid dienone is 1. The molecular weight excluding hydrogens is 430 g/mol. The number of benzene rings is 1. The van der Waals surface area contributed by atoms with Gasteiger partial charge in [-0.15, -0.1) is 0 Å². The van der Waals surface area contributed by atoms with Gasteiger partial charge in [-0.2, -0.15) is 0 Å². The first-order valence-electron chi connectivity index (χ1n) is 8.65. The van der Waals surface area contributed by atoms with Crippen molar-refractivity contribution in [1.82, 2.24) is 4.90 Å². The Morgan fingerprint density at radius 3 is 2.57 bits per heavy atom. The maximum atomic E-state index is 12.5. The predicted octanol–water partition coefficient (Wildman–Crippen LogP) is 2.71. The molecule has 8 heteroatoms. The van der Waals surface area contributed by atoms with Crippen LogP contribution in [0.4, 0.5) is 0 Å². The second-order valence-corrected chi connectivity index (χ2v) is 7.53. The van der Waals surface area contributed by atoms with Gasteiger partial charge in [0.25, 0.3) is 0 Å². The standard InChI is InChI=1S/C20H18BrNO6/c1-28-17(24)4-2-3-14-15-9-12(18(20(26)27)22(15)19(14)25)10-16(23)11-5-7-13(21)8-6-11/h2,4-8,14-15H,3,9-10H2,1H3,(H,26,27). The van der Waals surface area contributed by atoms with Crippen LogP contribution in [0, 0.1) is 5.92 Å². The van der Waals surface area contributed by atoms with Gasteiger partial charge in [-0.05, 0) is 30.5 Å². The van der Waals surface area contributed by atoms with Gasteiger partial charge in [0.15, 0.2) is 5.78 Å². The van der Waals surface area contributed by atoms with E-state index < -0.39 is 17.9 Å². The summed E-state index contributed by atoms with van der Waals surface area (Å²) in [6, 6.07) is 6.53. The van der Waals surface area contributed by atoms with Crippen molar-refractivity contribution in [3.8, 4) is 0 Å². The van der Waals surface area contributed by atoms with Crippen LogP contribution < -0.4 is 0 Å². The van der Waals surface area contributed by atoms with Crippen molar-refractivity contribution in [3.63, 3.8) is 0 Å². The number of hydrogen-bond acceptors (Lipinski definition) is 5. The molecule has 1 aromatic carbocycles. The van der Waals surface area contributed by atoms with Gasteiger partial charge in [0.1, 0.15) is 5.70 Å². The van der Waals surface area contributed by atoms with E-state index >= 15 is 0 Å². The molecule has 0 bridgehead atoms. The van der Waals surface area contributed by atoms with Crippen molar-refractivity contribution in [2.45, 2.75) is 25.3 Å². The predicted molar refractivity (Wildman–Crippen MR) is 102 cm³/mol. The van der Waals surface area contributed by atoms with E-state index in [0.29, 0.717) is 24.0 Å². The summed E-state index contributed by atoms with van der Waals surface area (Å²) in [6.45, 7) is 0. The average molecular weight is 448 g/mol. The number of halogens is 1. The molecule has 1 saturated heterocycles. The highest BCUT2D eigenvalue weighted by Crippen LogP contribution is 2.45. The number of fused-ring (bicyclic) bond motifs is 1. The summed E-state index contributed by atoms with van der Waals surface area (Å²) in [4.78, 5) is 49.1. The lowest BCUT2D eigenvalue weighted by atomic mass is 9.83. The molecule has 0 aliphatic carbocycles. The number of carbonyl (C=O) groups is 4. The van der Waals surface area contributed by atoms with Gasteiger partial charge in [-0.1, -0.05) is 34.1 Å². The molecule has 1 N–H and O–H groups in total. The van der Waals surface area contributed by atoms with E-state index in [1.165, 1.54) is 18.1 Å². The number of amides is 1. The van der Waals surface area contributed by atoms with Gasteiger partial charge >= 0.3 is 11.9 Å². The zero-order valence-electron chi connectivity index (χ0n) is 15.1. The molecule has 2 unspecified atom stereocenters. The van der Waals surface area contributed by atoms with Gasteiger partial charge in [0, 0.05) is 22.5 Å². The Hall–Kier alpha value is -2.74. The minimum Gasteiger partial charge on any atom is -0.477 e. The van der Waals surface area contributed by atoms with Crippen molar-refractivity contribution in [2.75, 3.05) is 7.11 Å². The molecule has 1 fully saturated rings. The van der Waals surface area contributed by atoms with Crippen molar-refractivity contribution >= 4 is 39.6 Å². The minimum atomic E-state index is -1.21. The lowest BCUT2D eigenvalue weighted by molar-refractivity contribution is -0.154. The monoisotopic (exact) mass is 447 g/mol. The second-order valence-electron chi connectivity index (χ2n) is 6.61. The average Bonchev–Trinajstić information content (AvgIpc) is 3.00. The first-order valence-corrected chi connectivity index (χ1v) is 9.44. The topological polar surface area (TPSA) is 101 Å². The summed E-state index contributed by atoms with van der Waals surface area (Å²) in [5, 5.41) is 9.57. The molecule has 2 aliphatic heterocycles. The van der Waals surface area contributed by atoms with Gasteiger partial charge in [-0.3, -0.25) is 9.59 Å². The third-order valence-corrected chi connectivity index (χ3v) is 5.50. The largest absolute Gasteiger partial charge is 0.477 e. The summed E-state index contributed by atoms with van der Waals surface area (Å²) in [6.07, 6.45) is 3.40. The summed E-state index contributed by atoms with van der Waals surface area (Å²) in [5.41, 5.74) is 0.852. The molecular formula is C20H18BrNO6. The maximum Gasteiger partial charge on any atom is 0.352 e. The smallest absolute Gasteiger partial charge is 0.352 e. The second kappa shape index (κ2) is 8.10. The number of rotatable bonds is 7. The van der Waals surface area contributed by atoms with E-state index in [9.17, 15) is 24.3 Å². The molecule has 7 nitrogen and oxygen atoms in total. The van der Waals surface area contributed by atoms with Gasteiger partial charge in [0.05, 0.1) is 19.1 Å². The molecule has 2 heterocycles. The van der Waals surface area contributed by atoms with Crippen molar-refractivity contribution in [1.29, 1.82) is 0 Å². The fourth-order valence-corrected chi connectivity index (χ4v) is 3.88. The molecule has 0 spiro atoms. The third-order valence-electron chi connectivity index (χ3n) is 4.97. The van der Waals surface area contributed by atoms with Gasteiger partial charge < -0.3 is 14.7 Å². The molecule has 2 atom stereocenters. The number of nitrogens with zero attached hydrogens (tertiary/aromatic N) is 1. The van der Waals surface area contributed by atoms with Crippen LogP contribution >= 0.6 is 15.9 Å². The number of ketones is 1. The third kappa shape index (κ3) is 3.77. The van der Waals surface area contributed by atoms with Crippen molar-refractivity contribution < 1.29 is 29.0 Å². The molecule has 0 saturated carbocycles. The number of esters is 1. The number of β-lactam (4-membered cyclic amide) rings is 1. The van der Waals surface area contributed by atoms with Crippen molar-refractivity contribution in [2.24, 2.45) is 5.92 Å².